The molecule has 1 aliphatic rings. The zero-order valence-electron chi connectivity index (χ0n) is 13.3. The Morgan fingerprint density at radius 2 is 2.21 bits per heavy atom. The van der Waals surface area contributed by atoms with Gasteiger partial charge in [-0.1, -0.05) is 42.5 Å². The van der Waals surface area contributed by atoms with E-state index < -0.39 is 0 Å². The molecule has 0 radical (unpaired) electrons. The van der Waals surface area contributed by atoms with Gasteiger partial charge in [0.2, 0.25) is 5.90 Å². The van der Waals surface area contributed by atoms with Crippen molar-refractivity contribution in [2.75, 3.05) is 0 Å². The predicted molar refractivity (Wildman–Crippen MR) is 102 cm³/mol. The Labute approximate surface area is 150 Å². The summed E-state index contributed by atoms with van der Waals surface area (Å²) in [6.45, 7) is 6.53. The van der Waals surface area contributed by atoms with Crippen LogP contribution in [-0.2, 0) is 11.3 Å². The van der Waals surface area contributed by atoms with E-state index in [0.29, 0.717) is 17.5 Å². The lowest BCUT2D eigenvalue weighted by atomic mass is 10.1. The number of hydrazone groups is 1. The van der Waals surface area contributed by atoms with Crippen LogP contribution >= 0.6 is 22.9 Å². The molecule has 0 spiro atoms. The maximum Gasteiger partial charge on any atom is 0.232 e. The van der Waals surface area contributed by atoms with E-state index in [1.165, 1.54) is 0 Å². The van der Waals surface area contributed by atoms with E-state index >= 15 is 0 Å². The van der Waals surface area contributed by atoms with Gasteiger partial charge in [-0.15, -0.1) is 16.4 Å². The van der Waals surface area contributed by atoms with Gasteiger partial charge >= 0.3 is 0 Å². The van der Waals surface area contributed by atoms with Crippen LogP contribution in [0.2, 0.25) is 5.02 Å². The van der Waals surface area contributed by atoms with Gasteiger partial charge in [0.15, 0.2) is 0 Å². The molecular weight excluding hydrogens is 340 g/mol. The highest BCUT2D eigenvalue weighted by Gasteiger charge is 2.17. The fourth-order valence-electron chi connectivity index (χ4n) is 2.32. The summed E-state index contributed by atoms with van der Waals surface area (Å²) in [6, 6.07) is 11.7. The molecule has 1 aromatic heterocycles. The van der Waals surface area contributed by atoms with Crippen molar-refractivity contribution in [3.63, 3.8) is 0 Å². The third-order valence-corrected chi connectivity index (χ3v) is 4.54. The molecule has 1 aliphatic heterocycles. The van der Waals surface area contributed by atoms with Crippen LogP contribution < -0.4 is 0 Å². The lowest BCUT2D eigenvalue weighted by Gasteiger charge is -2.26. The van der Waals surface area contributed by atoms with Crippen molar-refractivity contribution in [3.05, 3.63) is 87.7 Å². The summed E-state index contributed by atoms with van der Waals surface area (Å²) in [5.41, 5.74) is 2.65. The largest absolute Gasteiger partial charge is 0.471 e. The van der Waals surface area contributed by atoms with Crippen molar-refractivity contribution in [2.45, 2.75) is 13.5 Å². The lowest BCUT2D eigenvalue weighted by molar-refractivity contribution is 0.288. The molecule has 3 nitrogen and oxygen atoms in total. The Bertz CT molecular complexity index is 822. The second-order valence-corrected chi connectivity index (χ2v) is 6.60. The highest BCUT2D eigenvalue weighted by atomic mass is 35.5. The normalized spacial score (nSPS) is 14.8. The summed E-state index contributed by atoms with van der Waals surface area (Å²) >= 11 is 7.78. The smallest absolute Gasteiger partial charge is 0.232 e. The second kappa shape index (κ2) is 7.51. The molecule has 0 bridgehead atoms. The fraction of sp³-hybridized carbons (Fsp3) is 0.105. The molecule has 0 aliphatic carbocycles. The van der Waals surface area contributed by atoms with Crippen LogP contribution in [0.3, 0.4) is 0 Å². The van der Waals surface area contributed by atoms with Crippen molar-refractivity contribution < 1.29 is 4.74 Å². The Morgan fingerprint density at radius 3 is 2.92 bits per heavy atom. The van der Waals surface area contributed by atoms with E-state index in [4.69, 9.17) is 16.3 Å². The lowest BCUT2D eigenvalue weighted by Crippen LogP contribution is -2.20. The third kappa shape index (κ3) is 3.78. The Balaban J connectivity index is 1.82. The first-order valence-electron chi connectivity index (χ1n) is 7.50. The average molecular weight is 357 g/mol. The van der Waals surface area contributed by atoms with Gasteiger partial charge in [0.1, 0.15) is 6.61 Å². The van der Waals surface area contributed by atoms with E-state index in [1.807, 2.05) is 66.9 Å². The SMILES string of the molecule is C=C1C=CC(OCc2cccs2)=NN1/C(=C\C)c1cccc(Cl)c1. The van der Waals surface area contributed by atoms with E-state index in [2.05, 4.69) is 11.7 Å². The van der Waals surface area contributed by atoms with Crippen LogP contribution in [0, 0.1) is 0 Å². The Morgan fingerprint density at radius 1 is 1.33 bits per heavy atom. The maximum atomic E-state index is 6.12. The summed E-state index contributed by atoms with van der Waals surface area (Å²) in [5.74, 6) is 0.553. The summed E-state index contributed by atoms with van der Waals surface area (Å²) < 4.78 is 5.80. The molecule has 2 heterocycles. The quantitative estimate of drug-likeness (QED) is 0.704. The van der Waals surface area contributed by atoms with E-state index in [0.717, 1.165) is 21.8 Å². The molecule has 2 aromatic rings. The zero-order chi connectivity index (χ0) is 16.9. The van der Waals surface area contributed by atoms with Gasteiger partial charge in [-0.25, -0.2) is 5.01 Å². The number of hydrogen-bond donors (Lipinski definition) is 0. The van der Waals surface area contributed by atoms with Crippen molar-refractivity contribution in [3.8, 4) is 0 Å². The molecule has 122 valence electrons. The standard InChI is InChI=1S/C19H17ClN2OS/c1-3-18(15-6-4-7-16(20)12-15)22-14(2)9-10-19(21-22)23-13-17-8-5-11-24-17/h3-12H,2,13H2,1H3/b18-3-. The molecule has 0 N–H and O–H groups in total. The van der Waals surface area contributed by atoms with Crippen LogP contribution in [0.5, 0.6) is 0 Å². The van der Waals surface area contributed by atoms with Gasteiger partial charge in [0.25, 0.3) is 0 Å². The summed E-state index contributed by atoms with van der Waals surface area (Å²) in [4.78, 5) is 1.16. The van der Waals surface area contributed by atoms with Gasteiger partial charge in [0, 0.05) is 21.5 Å². The molecule has 3 rings (SSSR count). The van der Waals surface area contributed by atoms with Gasteiger partial charge in [-0.2, -0.15) is 0 Å². The highest BCUT2D eigenvalue weighted by molar-refractivity contribution is 7.09. The number of rotatable bonds is 4. The van der Waals surface area contributed by atoms with Gasteiger partial charge in [-0.05, 0) is 36.6 Å². The number of halogens is 1. The molecule has 0 amide bonds. The van der Waals surface area contributed by atoms with Crippen LogP contribution in [0.15, 0.2) is 77.4 Å². The van der Waals surface area contributed by atoms with Crippen molar-refractivity contribution in [1.82, 2.24) is 5.01 Å². The Hall–Kier alpha value is -2.30. The molecule has 24 heavy (non-hydrogen) atoms. The third-order valence-electron chi connectivity index (χ3n) is 3.45. The van der Waals surface area contributed by atoms with Gasteiger partial charge in [-0.3, -0.25) is 0 Å². The fourth-order valence-corrected chi connectivity index (χ4v) is 3.12. The summed E-state index contributed by atoms with van der Waals surface area (Å²) in [7, 11) is 0. The van der Waals surface area contributed by atoms with Crippen LogP contribution in [-0.4, -0.2) is 10.9 Å². The molecular formula is C19H17ClN2OS. The van der Waals surface area contributed by atoms with Crippen LogP contribution in [0.4, 0.5) is 0 Å². The molecule has 0 saturated carbocycles. The summed E-state index contributed by atoms with van der Waals surface area (Å²) in [5, 5.41) is 9.06. The number of hydrogen-bond acceptors (Lipinski definition) is 4. The maximum absolute atomic E-state index is 6.12. The van der Waals surface area contributed by atoms with Crippen molar-refractivity contribution in [2.24, 2.45) is 5.10 Å². The summed E-state index contributed by atoms with van der Waals surface area (Å²) in [6.07, 6.45) is 5.71. The number of thiophene rings is 1. The number of nitrogens with zero attached hydrogens (tertiary/aromatic N) is 2. The van der Waals surface area contributed by atoms with Gasteiger partial charge in [0.05, 0.1) is 11.4 Å². The average Bonchev–Trinajstić information content (AvgIpc) is 3.09. The second-order valence-electron chi connectivity index (χ2n) is 5.13. The molecule has 5 heteroatoms. The molecule has 0 fully saturated rings. The molecule has 0 saturated heterocycles. The van der Waals surface area contributed by atoms with E-state index in [1.54, 1.807) is 16.3 Å². The molecule has 0 atom stereocenters. The minimum absolute atomic E-state index is 0.503. The first-order chi connectivity index (χ1) is 11.7. The topological polar surface area (TPSA) is 24.8 Å². The van der Waals surface area contributed by atoms with Gasteiger partial charge < -0.3 is 4.74 Å². The highest BCUT2D eigenvalue weighted by Crippen LogP contribution is 2.28. The van der Waals surface area contributed by atoms with Crippen molar-refractivity contribution in [1.29, 1.82) is 0 Å². The number of ether oxygens (including phenoxy) is 1. The predicted octanol–water partition coefficient (Wildman–Crippen LogP) is 5.68. The number of benzene rings is 1. The minimum atomic E-state index is 0.503. The van der Waals surface area contributed by atoms with Crippen molar-refractivity contribution >= 4 is 34.5 Å². The molecule has 1 aromatic carbocycles. The molecule has 0 unspecified atom stereocenters. The van der Waals surface area contributed by atoms with E-state index in [-0.39, 0.29) is 0 Å². The van der Waals surface area contributed by atoms with E-state index in [9.17, 15) is 0 Å². The minimum Gasteiger partial charge on any atom is -0.471 e. The Kier molecular flexibility index (Phi) is 5.18. The monoisotopic (exact) mass is 356 g/mol. The first-order valence-corrected chi connectivity index (χ1v) is 8.76. The van der Waals surface area contributed by atoms with Crippen LogP contribution in [0.1, 0.15) is 17.4 Å². The number of allylic oxidation sites excluding steroid dienone is 2. The zero-order valence-corrected chi connectivity index (χ0v) is 14.8. The first kappa shape index (κ1) is 16.6. The van der Waals surface area contributed by atoms with Crippen LogP contribution in [0.25, 0.3) is 5.70 Å².